The molecule has 0 aliphatic heterocycles. The first-order chi connectivity index (χ1) is 15.6. The van der Waals surface area contributed by atoms with Crippen molar-refractivity contribution in [3.8, 4) is 34.0 Å². The SMILES string of the molecule is COc1ccc(-c2cc(CN(C)C3CCCCC3)c(N)c(-c3ccc(OC)nc3)c2)cn1. The molecule has 1 aromatic carbocycles. The second-order valence-corrected chi connectivity index (χ2v) is 8.48. The highest BCUT2D eigenvalue weighted by atomic mass is 16.5. The third-order valence-electron chi connectivity index (χ3n) is 6.42. The molecule has 1 fully saturated rings. The number of ether oxygens (including phenoxy) is 2. The Bertz CT molecular complexity index is 1030. The molecule has 32 heavy (non-hydrogen) atoms. The summed E-state index contributed by atoms with van der Waals surface area (Å²) in [7, 11) is 5.46. The van der Waals surface area contributed by atoms with Gasteiger partial charge in [0.05, 0.1) is 14.2 Å². The zero-order chi connectivity index (χ0) is 22.5. The van der Waals surface area contributed by atoms with E-state index in [1.807, 2.05) is 36.7 Å². The van der Waals surface area contributed by atoms with Gasteiger partial charge >= 0.3 is 0 Å². The first kappa shape index (κ1) is 22.1. The van der Waals surface area contributed by atoms with Crippen LogP contribution in [0.15, 0.2) is 48.8 Å². The predicted molar refractivity (Wildman–Crippen MR) is 129 cm³/mol. The third kappa shape index (κ3) is 4.86. The van der Waals surface area contributed by atoms with Gasteiger partial charge in [-0.25, -0.2) is 9.97 Å². The quantitative estimate of drug-likeness (QED) is 0.519. The van der Waals surface area contributed by atoms with Gasteiger partial charge in [0.15, 0.2) is 0 Å². The van der Waals surface area contributed by atoms with Gasteiger partial charge in [-0.2, -0.15) is 0 Å². The van der Waals surface area contributed by atoms with Gasteiger partial charge in [-0.1, -0.05) is 19.3 Å². The van der Waals surface area contributed by atoms with Crippen LogP contribution in [0.4, 0.5) is 5.69 Å². The molecule has 0 saturated heterocycles. The molecule has 1 aliphatic rings. The molecule has 168 valence electrons. The largest absolute Gasteiger partial charge is 0.481 e. The Labute approximate surface area is 190 Å². The number of aromatic nitrogens is 2. The summed E-state index contributed by atoms with van der Waals surface area (Å²) in [5.41, 5.74) is 12.7. The summed E-state index contributed by atoms with van der Waals surface area (Å²) in [6.45, 7) is 0.810. The Morgan fingerprint density at radius 1 is 0.875 bits per heavy atom. The molecule has 0 spiro atoms. The molecule has 2 N–H and O–H groups in total. The minimum atomic E-state index is 0.583. The van der Waals surface area contributed by atoms with E-state index in [0.717, 1.165) is 40.0 Å². The topological polar surface area (TPSA) is 73.5 Å². The fraction of sp³-hybridized carbons (Fsp3) is 0.385. The molecular formula is C26H32N4O2. The van der Waals surface area contributed by atoms with Crippen molar-refractivity contribution in [1.82, 2.24) is 14.9 Å². The van der Waals surface area contributed by atoms with Crippen LogP contribution in [-0.2, 0) is 6.54 Å². The molecule has 3 aromatic rings. The van der Waals surface area contributed by atoms with Crippen molar-refractivity contribution in [2.24, 2.45) is 0 Å². The van der Waals surface area contributed by atoms with E-state index in [1.54, 1.807) is 14.2 Å². The van der Waals surface area contributed by atoms with Crippen LogP contribution in [0.2, 0.25) is 0 Å². The van der Waals surface area contributed by atoms with Gasteiger partial charge in [-0.3, -0.25) is 4.90 Å². The molecule has 0 amide bonds. The number of methoxy groups -OCH3 is 2. The first-order valence-electron chi connectivity index (χ1n) is 11.2. The molecule has 0 bridgehead atoms. The molecule has 2 heterocycles. The second kappa shape index (κ2) is 10.0. The lowest BCUT2D eigenvalue weighted by molar-refractivity contribution is 0.185. The molecule has 6 heteroatoms. The van der Waals surface area contributed by atoms with E-state index >= 15 is 0 Å². The van der Waals surface area contributed by atoms with E-state index in [2.05, 4.69) is 34.0 Å². The van der Waals surface area contributed by atoms with E-state index in [4.69, 9.17) is 15.2 Å². The van der Waals surface area contributed by atoms with Crippen LogP contribution in [0.5, 0.6) is 11.8 Å². The number of nitrogens with two attached hydrogens (primary N) is 1. The third-order valence-corrected chi connectivity index (χ3v) is 6.42. The van der Waals surface area contributed by atoms with Crippen LogP contribution in [-0.4, -0.2) is 42.2 Å². The lowest BCUT2D eigenvalue weighted by Crippen LogP contribution is -2.33. The van der Waals surface area contributed by atoms with Crippen molar-refractivity contribution in [2.75, 3.05) is 27.0 Å². The zero-order valence-electron chi connectivity index (χ0n) is 19.2. The summed E-state index contributed by atoms with van der Waals surface area (Å²) in [6.07, 6.45) is 10.1. The molecule has 1 aliphatic carbocycles. The maximum atomic E-state index is 6.74. The van der Waals surface area contributed by atoms with Gasteiger partial charge in [0.25, 0.3) is 0 Å². The van der Waals surface area contributed by atoms with Gasteiger partial charge in [0.1, 0.15) is 0 Å². The van der Waals surface area contributed by atoms with E-state index in [9.17, 15) is 0 Å². The Morgan fingerprint density at radius 2 is 1.50 bits per heavy atom. The van der Waals surface area contributed by atoms with Gasteiger partial charge in [-0.05, 0) is 55.3 Å². The Kier molecular flexibility index (Phi) is 6.90. The lowest BCUT2D eigenvalue weighted by Gasteiger charge is -2.31. The molecule has 0 atom stereocenters. The van der Waals surface area contributed by atoms with Gasteiger partial charge < -0.3 is 15.2 Å². The van der Waals surface area contributed by atoms with Crippen molar-refractivity contribution < 1.29 is 9.47 Å². The standard InChI is InChI=1S/C26H32N4O2/c1-30(22-7-5-4-6-8-22)17-21-13-20(18-9-11-24(31-2)28-15-18)14-23(26(21)27)19-10-12-25(32-3)29-16-19/h9-16,22H,4-8,17,27H2,1-3H3. The molecule has 2 aromatic heterocycles. The fourth-order valence-electron chi connectivity index (χ4n) is 4.50. The highest BCUT2D eigenvalue weighted by molar-refractivity contribution is 5.84. The van der Waals surface area contributed by atoms with Crippen LogP contribution in [0.25, 0.3) is 22.3 Å². The minimum absolute atomic E-state index is 0.583. The van der Waals surface area contributed by atoms with Crippen LogP contribution < -0.4 is 15.2 Å². The van der Waals surface area contributed by atoms with Gasteiger partial charge in [0, 0.05) is 59.5 Å². The monoisotopic (exact) mass is 432 g/mol. The molecular weight excluding hydrogens is 400 g/mol. The summed E-state index contributed by atoms with van der Waals surface area (Å²) < 4.78 is 10.4. The number of benzene rings is 1. The molecule has 0 unspecified atom stereocenters. The number of nitrogens with zero attached hydrogens (tertiary/aromatic N) is 3. The number of pyridine rings is 2. The normalized spacial score (nSPS) is 14.5. The maximum absolute atomic E-state index is 6.74. The van der Waals surface area contributed by atoms with Crippen LogP contribution in [0.1, 0.15) is 37.7 Å². The van der Waals surface area contributed by atoms with Crippen molar-refractivity contribution in [1.29, 1.82) is 0 Å². The number of hydrogen-bond donors (Lipinski definition) is 1. The second-order valence-electron chi connectivity index (χ2n) is 8.48. The van der Waals surface area contributed by atoms with E-state index < -0.39 is 0 Å². The van der Waals surface area contributed by atoms with Crippen LogP contribution in [0.3, 0.4) is 0 Å². The summed E-state index contributed by atoms with van der Waals surface area (Å²) in [5, 5.41) is 0. The lowest BCUT2D eigenvalue weighted by atomic mass is 9.92. The molecule has 4 rings (SSSR count). The Balaban J connectivity index is 1.74. The van der Waals surface area contributed by atoms with E-state index in [0.29, 0.717) is 17.8 Å². The highest BCUT2D eigenvalue weighted by Gasteiger charge is 2.20. The minimum Gasteiger partial charge on any atom is -0.481 e. The highest BCUT2D eigenvalue weighted by Crippen LogP contribution is 2.36. The van der Waals surface area contributed by atoms with Crippen LogP contribution in [0, 0.1) is 0 Å². The van der Waals surface area contributed by atoms with Crippen molar-refractivity contribution in [3.63, 3.8) is 0 Å². The van der Waals surface area contributed by atoms with Crippen LogP contribution >= 0.6 is 0 Å². The van der Waals surface area contributed by atoms with Gasteiger partial charge in [-0.15, -0.1) is 0 Å². The number of anilines is 1. The number of hydrogen-bond acceptors (Lipinski definition) is 6. The smallest absolute Gasteiger partial charge is 0.212 e. The van der Waals surface area contributed by atoms with Crippen molar-refractivity contribution in [3.05, 3.63) is 54.4 Å². The Morgan fingerprint density at radius 3 is 2.06 bits per heavy atom. The summed E-state index contributed by atoms with van der Waals surface area (Å²) in [6, 6.07) is 12.7. The first-order valence-corrected chi connectivity index (χ1v) is 11.2. The number of rotatable bonds is 7. The maximum Gasteiger partial charge on any atom is 0.212 e. The van der Waals surface area contributed by atoms with Crippen molar-refractivity contribution >= 4 is 5.69 Å². The predicted octanol–water partition coefficient (Wildman–Crippen LogP) is 5.17. The summed E-state index contributed by atoms with van der Waals surface area (Å²) >= 11 is 0. The molecule has 1 saturated carbocycles. The fourth-order valence-corrected chi connectivity index (χ4v) is 4.50. The molecule has 6 nitrogen and oxygen atoms in total. The summed E-state index contributed by atoms with van der Waals surface area (Å²) in [4.78, 5) is 11.2. The zero-order valence-corrected chi connectivity index (χ0v) is 19.2. The summed E-state index contributed by atoms with van der Waals surface area (Å²) in [5.74, 6) is 1.18. The average Bonchev–Trinajstić information content (AvgIpc) is 2.86. The van der Waals surface area contributed by atoms with E-state index in [1.165, 1.54) is 32.1 Å². The average molecular weight is 433 g/mol. The molecule has 0 radical (unpaired) electrons. The van der Waals surface area contributed by atoms with E-state index in [-0.39, 0.29) is 0 Å². The Hall–Kier alpha value is -3.12. The van der Waals surface area contributed by atoms with Gasteiger partial charge in [0.2, 0.25) is 11.8 Å². The number of nitrogen functional groups attached to an aromatic ring is 1. The van der Waals surface area contributed by atoms with Crippen molar-refractivity contribution in [2.45, 2.75) is 44.7 Å².